The zero-order valence-corrected chi connectivity index (χ0v) is 11.6. The average molecular weight is 290 g/mol. The summed E-state index contributed by atoms with van der Waals surface area (Å²) in [6.45, 7) is 1.71. The molecule has 2 aliphatic heterocycles. The molecule has 1 aromatic rings. The van der Waals surface area contributed by atoms with Gasteiger partial charge < -0.3 is 20.1 Å². The lowest BCUT2D eigenvalue weighted by Crippen LogP contribution is -2.50. The van der Waals surface area contributed by atoms with Crippen molar-refractivity contribution >= 4 is 17.6 Å². The third-order valence-electron chi connectivity index (χ3n) is 4.00. The van der Waals surface area contributed by atoms with Crippen LogP contribution >= 0.6 is 0 Å². The van der Waals surface area contributed by atoms with Crippen molar-refractivity contribution in [1.29, 1.82) is 0 Å². The van der Waals surface area contributed by atoms with Crippen molar-refractivity contribution in [3.63, 3.8) is 0 Å². The van der Waals surface area contributed by atoms with E-state index in [1.165, 1.54) is 0 Å². The maximum absolute atomic E-state index is 12.7. The van der Waals surface area contributed by atoms with Crippen LogP contribution in [0.3, 0.4) is 0 Å². The van der Waals surface area contributed by atoms with E-state index < -0.39 is 12.1 Å². The number of nitrogens with one attached hydrogen (secondary N) is 1. The van der Waals surface area contributed by atoms with Gasteiger partial charge in [0.2, 0.25) is 12.0 Å². The molecule has 0 radical (unpaired) electrons. The fourth-order valence-electron chi connectivity index (χ4n) is 2.86. The monoisotopic (exact) mass is 290 g/mol. The van der Waals surface area contributed by atoms with Crippen molar-refractivity contribution in [1.82, 2.24) is 5.32 Å². The minimum absolute atomic E-state index is 0.00139. The number of carbonyl (C=O) groups is 2. The van der Waals surface area contributed by atoms with Crippen molar-refractivity contribution in [2.24, 2.45) is 5.92 Å². The SMILES string of the molecule is O=C(O)C1CN(C(=O)C2CCNCC2)c2ccccc2O1. The zero-order valence-electron chi connectivity index (χ0n) is 11.6. The summed E-state index contributed by atoms with van der Waals surface area (Å²) in [7, 11) is 0. The topological polar surface area (TPSA) is 78.9 Å². The molecule has 0 aromatic heterocycles. The van der Waals surface area contributed by atoms with E-state index in [0.717, 1.165) is 25.9 Å². The zero-order chi connectivity index (χ0) is 14.8. The van der Waals surface area contributed by atoms with Crippen LogP contribution in [0.5, 0.6) is 5.75 Å². The minimum Gasteiger partial charge on any atom is -0.478 e. The molecule has 6 nitrogen and oxygen atoms in total. The maximum Gasteiger partial charge on any atom is 0.346 e. The molecule has 0 bridgehead atoms. The van der Waals surface area contributed by atoms with Crippen LogP contribution in [0.2, 0.25) is 0 Å². The molecule has 21 heavy (non-hydrogen) atoms. The molecule has 1 aromatic carbocycles. The first-order valence-electron chi connectivity index (χ1n) is 7.17. The quantitative estimate of drug-likeness (QED) is 0.845. The third-order valence-corrected chi connectivity index (χ3v) is 4.00. The Kier molecular flexibility index (Phi) is 3.79. The normalized spacial score (nSPS) is 22.3. The number of fused-ring (bicyclic) bond motifs is 1. The van der Waals surface area contributed by atoms with Gasteiger partial charge >= 0.3 is 5.97 Å². The van der Waals surface area contributed by atoms with Gasteiger partial charge in [-0.05, 0) is 38.1 Å². The van der Waals surface area contributed by atoms with E-state index >= 15 is 0 Å². The van der Waals surface area contributed by atoms with Crippen molar-refractivity contribution in [3.8, 4) is 5.75 Å². The Morgan fingerprint density at radius 3 is 2.67 bits per heavy atom. The van der Waals surface area contributed by atoms with Gasteiger partial charge in [-0.3, -0.25) is 4.79 Å². The number of rotatable bonds is 2. The van der Waals surface area contributed by atoms with Gasteiger partial charge in [0.25, 0.3) is 0 Å². The van der Waals surface area contributed by atoms with E-state index in [9.17, 15) is 14.7 Å². The number of carboxylic acid groups (broad SMARTS) is 1. The number of nitrogens with zero attached hydrogens (tertiary/aromatic N) is 1. The molecule has 1 saturated heterocycles. The first kappa shape index (κ1) is 13.9. The summed E-state index contributed by atoms with van der Waals surface area (Å²) in [6.07, 6.45) is 0.567. The lowest BCUT2D eigenvalue weighted by molar-refractivity contribution is -0.145. The van der Waals surface area contributed by atoms with Crippen LogP contribution in [-0.2, 0) is 9.59 Å². The van der Waals surface area contributed by atoms with Gasteiger partial charge in [-0.1, -0.05) is 12.1 Å². The second-order valence-electron chi connectivity index (χ2n) is 5.39. The van der Waals surface area contributed by atoms with Gasteiger partial charge in [0.05, 0.1) is 12.2 Å². The predicted octanol–water partition coefficient (Wildman–Crippen LogP) is 0.865. The summed E-state index contributed by atoms with van der Waals surface area (Å²) >= 11 is 0. The fraction of sp³-hybridized carbons (Fsp3) is 0.467. The molecular formula is C15H18N2O4. The van der Waals surface area contributed by atoms with Crippen LogP contribution in [0.1, 0.15) is 12.8 Å². The molecule has 1 atom stereocenters. The predicted molar refractivity (Wildman–Crippen MR) is 76.4 cm³/mol. The van der Waals surface area contributed by atoms with E-state index in [1.54, 1.807) is 23.1 Å². The van der Waals surface area contributed by atoms with Crippen LogP contribution in [0.25, 0.3) is 0 Å². The highest BCUT2D eigenvalue weighted by Gasteiger charge is 2.36. The molecule has 0 saturated carbocycles. The van der Waals surface area contributed by atoms with Crippen LogP contribution in [0.15, 0.2) is 24.3 Å². The van der Waals surface area contributed by atoms with Gasteiger partial charge in [0, 0.05) is 5.92 Å². The number of piperidine rings is 1. The number of hydrogen-bond acceptors (Lipinski definition) is 4. The van der Waals surface area contributed by atoms with Gasteiger partial charge in [0.1, 0.15) is 5.75 Å². The summed E-state index contributed by atoms with van der Waals surface area (Å²) < 4.78 is 5.46. The Hall–Kier alpha value is -2.08. The van der Waals surface area contributed by atoms with Crippen LogP contribution in [-0.4, -0.2) is 42.7 Å². The summed E-state index contributed by atoms with van der Waals surface area (Å²) in [5, 5.41) is 12.4. The Bertz CT molecular complexity index is 554. The van der Waals surface area contributed by atoms with Gasteiger partial charge in [-0.25, -0.2) is 4.79 Å². The number of anilines is 1. The Balaban J connectivity index is 1.88. The third kappa shape index (κ3) is 2.71. The standard InChI is InChI=1S/C15H18N2O4/c18-14(10-5-7-16-8-6-10)17-9-13(15(19)20)21-12-4-2-1-3-11(12)17/h1-4,10,13,16H,5-9H2,(H,19,20). The lowest BCUT2D eigenvalue weighted by Gasteiger charge is -2.36. The molecule has 3 rings (SSSR count). The summed E-state index contributed by atoms with van der Waals surface area (Å²) in [5.41, 5.74) is 0.665. The average Bonchev–Trinajstić information content (AvgIpc) is 2.54. The Morgan fingerprint density at radius 1 is 1.24 bits per heavy atom. The molecule has 1 amide bonds. The molecule has 2 heterocycles. The summed E-state index contributed by atoms with van der Waals surface area (Å²) in [4.78, 5) is 25.5. The molecule has 2 N–H and O–H groups in total. The minimum atomic E-state index is -1.05. The highest BCUT2D eigenvalue weighted by molar-refractivity contribution is 5.98. The van der Waals surface area contributed by atoms with E-state index in [2.05, 4.69) is 5.32 Å². The van der Waals surface area contributed by atoms with Crippen molar-refractivity contribution in [2.45, 2.75) is 18.9 Å². The van der Waals surface area contributed by atoms with Crippen LogP contribution in [0, 0.1) is 5.92 Å². The second-order valence-corrected chi connectivity index (χ2v) is 5.39. The molecule has 6 heteroatoms. The first-order valence-corrected chi connectivity index (χ1v) is 7.17. The number of carbonyl (C=O) groups excluding carboxylic acids is 1. The highest BCUT2D eigenvalue weighted by Crippen LogP contribution is 2.34. The van der Waals surface area contributed by atoms with E-state index in [4.69, 9.17) is 4.74 Å². The molecule has 0 aliphatic carbocycles. The molecule has 1 fully saturated rings. The second kappa shape index (κ2) is 5.73. The van der Waals surface area contributed by atoms with Crippen molar-refractivity contribution in [3.05, 3.63) is 24.3 Å². The van der Waals surface area contributed by atoms with E-state index in [-0.39, 0.29) is 18.4 Å². The van der Waals surface area contributed by atoms with Crippen LogP contribution in [0.4, 0.5) is 5.69 Å². The van der Waals surface area contributed by atoms with E-state index in [1.807, 2.05) is 6.07 Å². The van der Waals surface area contributed by atoms with Gasteiger partial charge in [0.15, 0.2) is 0 Å². The Labute approximate surface area is 122 Å². The fourth-order valence-corrected chi connectivity index (χ4v) is 2.86. The molecular weight excluding hydrogens is 272 g/mol. The number of aliphatic carboxylic acids is 1. The van der Waals surface area contributed by atoms with Gasteiger partial charge in [-0.2, -0.15) is 0 Å². The molecule has 112 valence electrons. The number of ether oxygens (including phenoxy) is 1. The lowest BCUT2D eigenvalue weighted by atomic mass is 9.95. The smallest absolute Gasteiger partial charge is 0.346 e. The number of benzene rings is 1. The van der Waals surface area contributed by atoms with Crippen molar-refractivity contribution in [2.75, 3.05) is 24.5 Å². The van der Waals surface area contributed by atoms with Crippen molar-refractivity contribution < 1.29 is 19.4 Å². The summed E-state index contributed by atoms with van der Waals surface area (Å²) in [5.74, 6) is -0.642. The van der Waals surface area contributed by atoms with E-state index in [0.29, 0.717) is 11.4 Å². The molecule has 0 spiro atoms. The van der Waals surface area contributed by atoms with Crippen LogP contribution < -0.4 is 15.0 Å². The Morgan fingerprint density at radius 2 is 1.95 bits per heavy atom. The number of amides is 1. The molecule has 2 aliphatic rings. The summed E-state index contributed by atoms with van der Waals surface area (Å²) in [6, 6.07) is 7.10. The first-order chi connectivity index (χ1) is 10.2. The highest BCUT2D eigenvalue weighted by atomic mass is 16.5. The number of carboxylic acids is 1. The molecule has 1 unspecified atom stereocenters. The number of hydrogen-bond donors (Lipinski definition) is 2. The van der Waals surface area contributed by atoms with Gasteiger partial charge in [-0.15, -0.1) is 0 Å². The number of para-hydroxylation sites is 2. The largest absolute Gasteiger partial charge is 0.478 e. The maximum atomic E-state index is 12.7.